The molecule has 1 aromatic rings. The second kappa shape index (κ2) is 8.38. The highest BCUT2D eigenvalue weighted by Gasteiger charge is 2.36. The summed E-state index contributed by atoms with van der Waals surface area (Å²) in [6.07, 6.45) is 1.35. The minimum absolute atomic E-state index is 0.0166. The van der Waals surface area contributed by atoms with Gasteiger partial charge in [0.05, 0.1) is 13.0 Å². The molecule has 0 radical (unpaired) electrons. The van der Waals surface area contributed by atoms with Crippen LogP contribution in [-0.2, 0) is 14.8 Å². The van der Waals surface area contributed by atoms with E-state index in [0.717, 1.165) is 0 Å². The van der Waals surface area contributed by atoms with Crippen molar-refractivity contribution >= 4 is 27.5 Å². The summed E-state index contributed by atoms with van der Waals surface area (Å²) in [6, 6.07) is 4.52. The van der Waals surface area contributed by atoms with Crippen LogP contribution in [0.25, 0.3) is 0 Å². The number of carbonyl (C=O) groups excluding carboxylic acids is 1. The van der Waals surface area contributed by atoms with Crippen LogP contribution >= 0.6 is 11.6 Å². The van der Waals surface area contributed by atoms with E-state index >= 15 is 0 Å². The topological polar surface area (TPSA) is 66.9 Å². The summed E-state index contributed by atoms with van der Waals surface area (Å²) >= 11 is 5.98. The zero-order valence-electron chi connectivity index (χ0n) is 14.9. The first-order valence-electron chi connectivity index (χ1n) is 8.47. The number of sulfonamides is 1. The zero-order valence-corrected chi connectivity index (χ0v) is 16.4. The highest BCUT2D eigenvalue weighted by molar-refractivity contribution is 7.89. The van der Waals surface area contributed by atoms with Gasteiger partial charge in [0.15, 0.2) is 0 Å². The van der Waals surface area contributed by atoms with Gasteiger partial charge in [-0.15, -0.1) is 0 Å². The quantitative estimate of drug-likeness (QED) is 0.751. The number of carbonyl (C=O) groups is 1. The van der Waals surface area contributed by atoms with E-state index in [9.17, 15) is 13.2 Å². The van der Waals surface area contributed by atoms with Gasteiger partial charge in [0, 0.05) is 31.2 Å². The smallest absolute Gasteiger partial charge is 0.246 e. The van der Waals surface area contributed by atoms with E-state index in [2.05, 4.69) is 0 Å². The fourth-order valence-corrected chi connectivity index (χ4v) is 5.09. The van der Waals surface area contributed by atoms with Crippen LogP contribution < -0.4 is 4.74 Å². The molecule has 0 spiro atoms. The van der Waals surface area contributed by atoms with Crippen molar-refractivity contribution in [2.45, 2.75) is 31.6 Å². The summed E-state index contributed by atoms with van der Waals surface area (Å²) in [4.78, 5) is 14.4. The normalized spacial score (nSPS) is 18.8. The van der Waals surface area contributed by atoms with Gasteiger partial charge in [0.25, 0.3) is 0 Å². The Labute approximate surface area is 154 Å². The lowest BCUT2D eigenvalue weighted by Crippen LogP contribution is -2.46. The number of ether oxygens (including phenoxy) is 1. The van der Waals surface area contributed by atoms with Gasteiger partial charge in [-0.05, 0) is 44.9 Å². The van der Waals surface area contributed by atoms with Crippen LogP contribution in [0.15, 0.2) is 23.1 Å². The Balaban J connectivity index is 2.28. The SMILES string of the molecule is CCN(CC)C(=O)[C@H]1CCCN(S(=O)(=O)c2cc(Cl)ccc2OC)C1. The first-order valence-corrected chi connectivity index (χ1v) is 10.3. The molecule has 1 saturated heterocycles. The minimum Gasteiger partial charge on any atom is -0.495 e. The Morgan fingerprint density at radius 3 is 2.64 bits per heavy atom. The van der Waals surface area contributed by atoms with Gasteiger partial charge in [-0.25, -0.2) is 8.42 Å². The molecule has 2 rings (SSSR count). The maximum absolute atomic E-state index is 13.1. The van der Waals surface area contributed by atoms with E-state index in [-0.39, 0.29) is 29.0 Å². The highest BCUT2D eigenvalue weighted by Crippen LogP contribution is 2.32. The van der Waals surface area contributed by atoms with Crippen molar-refractivity contribution in [3.05, 3.63) is 23.2 Å². The molecular weight excluding hydrogens is 364 g/mol. The zero-order chi connectivity index (χ0) is 18.6. The van der Waals surface area contributed by atoms with Crippen molar-refractivity contribution in [3.63, 3.8) is 0 Å². The van der Waals surface area contributed by atoms with Crippen LogP contribution in [0.3, 0.4) is 0 Å². The molecule has 0 aliphatic carbocycles. The summed E-state index contributed by atoms with van der Waals surface area (Å²) in [6.45, 7) is 5.68. The second-order valence-electron chi connectivity index (χ2n) is 6.01. The second-order valence-corrected chi connectivity index (χ2v) is 8.35. The lowest BCUT2D eigenvalue weighted by molar-refractivity contribution is -0.136. The largest absolute Gasteiger partial charge is 0.495 e. The number of hydrogen-bond donors (Lipinski definition) is 0. The molecule has 1 aliphatic heterocycles. The van der Waals surface area contributed by atoms with E-state index in [4.69, 9.17) is 16.3 Å². The summed E-state index contributed by atoms with van der Waals surface area (Å²) in [5.74, 6) is -0.0434. The van der Waals surface area contributed by atoms with Gasteiger partial charge in [0.2, 0.25) is 15.9 Å². The molecule has 1 heterocycles. The van der Waals surface area contributed by atoms with E-state index in [1.165, 1.54) is 23.5 Å². The Kier molecular flexibility index (Phi) is 6.71. The number of hydrogen-bond acceptors (Lipinski definition) is 4. The fourth-order valence-electron chi connectivity index (χ4n) is 3.15. The molecule has 1 aliphatic rings. The number of piperidine rings is 1. The van der Waals surface area contributed by atoms with E-state index in [1.807, 2.05) is 13.8 Å². The lowest BCUT2D eigenvalue weighted by Gasteiger charge is -2.34. The molecule has 140 valence electrons. The van der Waals surface area contributed by atoms with Gasteiger partial charge in [-0.3, -0.25) is 4.79 Å². The Bertz CT molecular complexity index is 719. The molecule has 0 bridgehead atoms. The van der Waals surface area contributed by atoms with Gasteiger partial charge < -0.3 is 9.64 Å². The summed E-state index contributed by atoms with van der Waals surface area (Å²) < 4.78 is 32.7. The molecule has 1 fully saturated rings. The molecule has 0 aromatic heterocycles. The third kappa shape index (κ3) is 4.27. The average Bonchev–Trinajstić information content (AvgIpc) is 2.62. The van der Waals surface area contributed by atoms with Crippen LogP contribution in [0, 0.1) is 5.92 Å². The molecule has 8 heteroatoms. The molecule has 0 saturated carbocycles. The van der Waals surface area contributed by atoms with Crippen LogP contribution in [0.4, 0.5) is 0 Å². The number of amides is 1. The van der Waals surface area contributed by atoms with Crippen molar-refractivity contribution in [2.75, 3.05) is 33.3 Å². The van der Waals surface area contributed by atoms with Crippen molar-refractivity contribution in [2.24, 2.45) is 5.92 Å². The predicted octanol–water partition coefficient (Wildman–Crippen LogP) is 2.62. The number of methoxy groups -OCH3 is 1. The number of halogens is 1. The summed E-state index contributed by atoms with van der Waals surface area (Å²) in [5, 5.41) is 0.326. The number of benzene rings is 1. The highest BCUT2D eigenvalue weighted by atomic mass is 35.5. The standard InChI is InChI=1S/C17H25ClN2O4S/c1-4-19(5-2)17(21)13-7-6-10-20(12-13)25(22,23)16-11-14(18)8-9-15(16)24-3/h8-9,11,13H,4-7,10,12H2,1-3H3/t13-/m0/s1. The molecule has 1 aromatic carbocycles. The summed E-state index contributed by atoms with van der Waals surface area (Å²) in [7, 11) is -2.36. The first-order chi connectivity index (χ1) is 11.8. The van der Waals surface area contributed by atoms with E-state index in [1.54, 1.807) is 11.0 Å². The van der Waals surface area contributed by atoms with E-state index in [0.29, 0.717) is 37.5 Å². The van der Waals surface area contributed by atoms with Crippen molar-refractivity contribution < 1.29 is 17.9 Å². The molecule has 0 unspecified atom stereocenters. The molecule has 1 atom stereocenters. The summed E-state index contributed by atoms with van der Waals surface area (Å²) in [5.41, 5.74) is 0. The molecular formula is C17H25ClN2O4S. The van der Waals surface area contributed by atoms with Crippen molar-refractivity contribution in [1.29, 1.82) is 0 Å². The van der Waals surface area contributed by atoms with Crippen LogP contribution in [0.5, 0.6) is 5.75 Å². The maximum atomic E-state index is 13.1. The Morgan fingerprint density at radius 1 is 1.36 bits per heavy atom. The maximum Gasteiger partial charge on any atom is 0.246 e. The number of nitrogens with zero attached hydrogens (tertiary/aromatic N) is 2. The van der Waals surface area contributed by atoms with Crippen LogP contribution in [0.1, 0.15) is 26.7 Å². The van der Waals surface area contributed by atoms with E-state index < -0.39 is 10.0 Å². The molecule has 1 amide bonds. The monoisotopic (exact) mass is 388 g/mol. The molecule has 0 N–H and O–H groups in total. The van der Waals surface area contributed by atoms with Gasteiger partial charge >= 0.3 is 0 Å². The van der Waals surface area contributed by atoms with Gasteiger partial charge in [-0.2, -0.15) is 4.31 Å². The van der Waals surface area contributed by atoms with Crippen LogP contribution in [-0.4, -0.2) is 56.8 Å². The average molecular weight is 389 g/mol. The number of rotatable bonds is 6. The van der Waals surface area contributed by atoms with Gasteiger partial charge in [-0.1, -0.05) is 11.6 Å². The first kappa shape index (κ1) is 20.0. The lowest BCUT2D eigenvalue weighted by atomic mass is 9.98. The van der Waals surface area contributed by atoms with Crippen molar-refractivity contribution in [1.82, 2.24) is 9.21 Å². The predicted molar refractivity (Wildman–Crippen MR) is 97.4 cm³/mol. The van der Waals surface area contributed by atoms with Crippen molar-refractivity contribution in [3.8, 4) is 5.75 Å². The van der Waals surface area contributed by atoms with Gasteiger partial charge in [0.1, 0.15) is 10.6 Å². The third-order valence-corrected chi connectivity index (χ3v) is 6.67. The fraction of sp³-hybridized carbons (Fsp3) is 0.588. The van der Waals surface area contributed by atoms with Crippen LogP contribution in [0.2, 0.25) is 5.02 Å². The Hall–Kier alpha value is -1.31. The minimum atomic E-state index is -3.78. The molecule has 25 heavy (non-hydrogen) atoms. The third-order valence-electron chi connectivity index (χ3n) is 4.55. The molecule has 6 nitrogen and oxygen atoms in total. The Morgan fingerprint density at radius 2 is 2.04 bits per heavy atom.